The Kier molecular flexibility index (Phi) is 5.41. The van der Waals surface area contributed by atoms with Crippen LogP contribution in [-0.4, -0.2) is 36.8 Å². The van der Waals surface area contributed by atoms with Gasteiger partial charge in [0, 0.05) is 31.4 Å². The molecular weight excluding hydrogens is 252 g/mol. The van der Waals surface area contributed by atoms with E-state index in [1.807, 2.05) is 0 Å². The molecule has 0 spiro atoms. The summed E-state index contributed by atoms with van der Waals surface area (Å²) >= 11 is 0. The van der Waals surface area contributed by atoms with Crippen LogP contribution in [0, 0.1) is 0 Å². The van der Waals surface area contributed by atoms with E-state index in [9.17, 15) is 4.79 Å². The minimum Gasteiger partial charge on any atom is -0.481 e. The van der Waals surface area contributed by atoms with Gasteiger partial charge in [-0.05, 0) is 37.0 Å². The van der Waals surface area contributed by atoms with Crippen LogP contribution in [-0.2, 0) is 11.2 Å². The number of nitrogens with zero attached hydrogens (tertiary/aromatic N) is 1. The maximum Gasteiger partial charge on any atom is 0.304 e. The van der Waals surface area contributed by atoms with E-state index in [1.54, 1.807) is 0 Å². The Morgan fingerprint density at radius 2 is 2.15 bits per heavy atom. The Bertz CT molecular complexity index is 440. The highest BCUT2D eigenvalue weighted by molar-refractivity contribution is 5.66. The molecule has 4 heteroatoms. The fraction of sp³-hybridized carbons (Fsp3) is 0.562. The second kappa shape index (κ2) is 7.29. The summed E-state index contributed by atoms with van der Waals surface area (Å²) in [7, 11) is 0. The molecule has 0 amide bonds. The Hall–Kier alpha value is -1.55. The molecule has 0 aromatic heterocycles. The van der Waals surface area contributed by atoms with Crippen molar-refractivity contribution in [2.45, 2.75) is 38.6 Å². The van der Waals surface area contributed by atoms with Crippen LogP contribution in [0.1, 0.15) is 31.7 Å². The molecule has 1 fully saturated rings. The number of piperidine rings is 1. The molecule has 110 valence electrons. The molecule has 4 nitrogen and oxygen atoms in total. The van der Waals surface area contributed by atoms with Gasteiger partial charge in [-0.25, -0.2) is 0 Å². The fourth-order valence-corrected chi connectivity index (χ4v) is 2.70. The topological polar surface area (TPSA) is 52.6 Å². The lowest BCUT2D eigenvalue weighted by Gasteiger charge is -2.34. The molecule has 0 bridgehead atoms. The Morgan fingerprint density at radius 3 is 2.80 bits per heavy atom. The number of benzene rings is 1. The van der Waals surface area contributed by atoms with E-state index in [0.717, 1.165) is 32.4 Å². The van der Waals surface area contributed by atoms with Gasteiger partial charge >= 0.3 is 5.97 Å². The van der Waals surface area contributed by atoms with Crippen molar-refractivity contribution in [3.05, 3.63) is 29.8 Å². The molecule has 1 aliphatic rings. The summed E-state index contributed by atoms with van der Waals surface area (Å²) in [5, 5.41) is 12.0. The first-order valence-electron chi connectivity index (χ1n) is 7.48. The lowest BCUT2D eigenvalue weighted by atomic mass is 10.0. The number of hydrogen-bond donors (Lipinski definition) is 2. The van der Waals surface area contributed by atoms with Crippen molar-refractivity contribution >= 4 is 11.7 Å². The fourth-order valence-electron chi connectivity index (χ4n) is 2.70. The van der Waals surface area contributed by atoms with Crippen molar-refractivity contribution in [2.24, 2.45) is 0 Å². The molecule has 0 unspecified atom stereocenters. The van der Waals surface area contributed by atoms with E-state index >= 15 is 0 Å². The lowest BCUT2D eigenvalue weighted by molar-refractivity contribution is -0.136. The first-order chi connectivity index (χ1) is 9.69. The number of aryl methyl sites for hydroxylation is 1. The van der Waals surface area contributed by atoms with Crippen LogP contribution in [0.15, 0.2) is 24.3 Å². The molecule has 20 heavy (non-hydrogen) atoms. The number of carboxylic acids is 1. The monoisotopic (exact) mass is 276 g/mol. The molecule has 1 aliphatic heterocycles. The van der Waals surface area contributed by atoms with Gasteiger partial charge < -0.3 is 15.3 Å². The number of rotatable bonds is 6. The molecule has 0 radical (unpaired) electrons. The van der Waals surface area contributed by atoms with Gasteiger partial charge in [-0.1, -0.05) is 19.1 Å². The summed E-state index contributed by atoms with van der Waals surface area (Å²) in [5.41, 5.74) is 2.69. The molecule has 0 atom stereocenters. The number of nitrogens with one attached hydrogen (secondary N) is 1. The molecule has 2 rings (SSSR count). The molecule has 2 N–H and O–H groups in total. The van der Waals surface area contributed by atoms with E-state index in [-0.39, 0.29) is 6.42 Å². The molecule has 1 aromatic rings. The second-order valence-electron chi connectivity index (χ2n) is 5.38. The Morgan fingerprint density at radius 1 is 1.40 bits per heavy atom. The van der Waals surface area contributed by atoms with Crippen LogP contribution >= 0.6 is 0 Å². The molecular formula is C16H24N2O2. The van der Waals surface area contributed by atoms with Crippen molar-refractivity contribution in [2.75, 3.05) is 24.5 Å². The summed E-state index contributed by atoms with van der Waals surface area (Å²) in [6.45, 7) is 4.83. The largest absolute Gasteiger partial charge is 0.481 e. The van der Waals surface area contributed by atoms with Gasteiger partial charge in [-0.15, -0.1) is 0 Å². The quantitative estimate of drug-likeness (QED) is 0.837. The van der Waals surface area contributed by atoms with Crippen molar-refractivity contribution in [3.8, 4) is 0 Å². The predicted molar refractivity (Wildman–Crippen MR) is 81.3 cm³/mol. The van der Waals surface area contributed by atoms with E-state index in [4.69, 9.17) is 5.11 Å². The third-order valence-corrected chi connectivity index (χ3v) is 3.95. The van der Waals surface area contributed by atoms with Crippen LogP contribution in [0.3, 0.4) is 0 Å². The molecule has 0 saturated carbocycles. The number of carboxylic acid groups (broad SMARTS) is 1. The third-order valence-electron chi connectivity index (χ3n) is 3.95. The SMILES string of the molecule is CCc1cccc(N2CCC(NCCC(=O)O)CC2)c1. The van der Waals surface area contributed by atoms with Gasteiger partial charge in [0.2, 0.25) is 0 Å². The average molecular weight is 276 g/mol. The zero-order chi connectivity index (χ0) is 14.4. The van der Waals surface area contributed by atoms with Gasteiger partial charge in [0.15, 0.2) is 0 Å². The lowest BCUT2D eigenvalue weighted by Crippen LogP contribution is -2.43. The summed E-state index contributed by atoms with van der Waals surface area (Å²) in [5.74, 6) is -0.730. The van der Waals surface area contributed by atoms with Gasteiger partial charge in [-0.3, -0.25) is 4.79 Å². The predicted octanol–water partition coefficient (Wildman–Crippen LogP) is 2.28. The van der Waals surface area contributed by atoms with Gasteiger partial charge in [0.25, 0.3) is 0 Å². The standard InChI is InChI=1S/C16H24N2O2/c1-2-13-4-3-5-15(12-13)18-10-7-14(8-11-18)17-9-6-16(19)20/h3-5,12,14,17H,2,6-11H2,1H3,(H,19,20). The van der Waals surface area contributed by atoms with Crippen molar-refractivity contribution in [3.63, 3.8) is 0 Å². The van der Waals surface area contributed by atoms with Crippen LogP contribution in [0.25, 0.3) is 0 Å². The van der Waals surface area contributed by atoms with E-state index in [2.05, 4.69) is 41.4 Å². The zero-order valence-electron chi connectivity index (χ0n) is 12.1. The van der Waals surface area contributed by atoms with Crippen molar-refractivity contribution in [1.82, 2.24) is 5.32 Å². The number of carbonyl (C=O) groups is 1. The summed E-state index contributed by atoms with van der Waals surface area (Å²) in [6, 6.07) is 9.21. The van der Waals surface area contributed by atoms with Crippen molar-refractivity contribution in [1.29, 1.82) is 0 Å². The summed E-state index contributed by atoms with van der Waals surface area (Å²) in [4.78, 5) is 12.9. The van der Waals surface area contributed by atoms with E-state index < -0.39 is 5.97 Å². The normalized spacial score (nSPS) is 16.4. The minimum atomic E-state index is -0.730. The van der Waals surface area contributed by atoms with E-state index in [1.165, 1.54) is 11.3 Å². The minimum absolute atomic E-state index is 0.207. The summed E-state index contributed by atoms with van der Waals surface area (Å²) in [6.07, 6.45) is 3.44. The number of aliphatic carboxylic acids is 1. The summed E-state index contributed by atoms with van der Waals surface area (Å²) < 4.78 is 0. The Labute approximate surface area is 120 Å². The van der Waals surface area contributed by atoms with E-state index in [0.29, 0.717) is 12.6 Å². The molecule has 0 aliphatic carbocycles. The molecule has 1 aromatic carbocycles. The number of hydrogen-bond acceptors (Lipinski definition) is 3. The maximum absolute atomic E-state index is 10.5. The third kappa shape index (κ3) is 4.23. The second-order valence-corrected chi connectivity index (χ2v) is 5.38. The first kappa shape index (κ1) is 14.9. The average Bonchev–Trinajstić information content (AvgIpc) is 2.48. The highest BCUT2D eigenvalue weighted by Gasteiger charge is 2.19. The molecule has 1 heterocycles. The Balaban J connectivity index is 1.80. The van der Waals surface area contributed by atoms with Crippen molar-refractivity contribution < 1.29 is 9.90 Å². The number of anilines is 1. The first-order valence-corrected chi connectivity index (χ1v) is 7.48. The van der Waals surface area contributed by atoms with Crippen LogP contribution in [0.5, 0.6) is 0 Å². The van der Waals surface area contributed by atoms with Crippen LogP contribution in [0.4, 0.5) is 5.69 Å². The van der Waals surface area contributed by atoms with Crippen LogP contribution < -0.4 is 10.2 Å². The van der Waals surface area contributed by atoms with Crippen LogP contribution in [0.2, 0.25) is 0 Å². The maximum atomic E-state index is 10.5. The smallest absolute Gasteiger partial charge is 0.304 e. The van der Waals surface area contributed by atoms with Gasteiger partial charge in [0.05, 0.1) is 6.42 Å². The van der Waals surface area contributed by atoms with Gasteiger partial charge in [-0.2, -0.15) is 0 Å². The van der Waals surface area contributed by atoms with Gasteiger partial charge in [0.1, 0.15) is 0 Å². The highest BCUT2D eigenvalue weighted by Crippen LogP contribution is 2.21. The molecule has 1 saturated heterocycles. The zero-order valence-corrected chi connectivity index (χ0v) is 12.1. The highest BCUT2D eigenvalue weighted by atomic mass is 16.4.